The van der Waals surface area contributed by atoms with Gasteiger partial charge in [-0.15, -0.1) is 0 Å². The van der Waals surface area contributed by atoms with Crippen LogP contribution in [0.2, 0.25) is 0 Å². The predicted octanol–water partition coefficient (Wildman–Crippen LogP) is 4.65. The zero-order valence-corrected chi connectivity index (χ0v) is 11.3. The van der Waals surface area contributed by atoms with E-state index in [0.29, 0.717) is 5.92 Å². The van der Waals surface area contributed by atoms with E-state index in [1.807, 2.05) is 13.1 Å². The Morgan fingerprint density at radius 2 is 1.88 bits per heavy atom. The highest BCUT2D eigenvalue weighted by Gasteiger charge is 2.27. The van der Waals surface area contributed by atoms with Gasteiger partial charge in [-0.1, -0.05) is 45.9 Å². The quantitative estimate of drug-likeness (QED) is 0.653. The van der Waals surface area contributed by atoms with E-state index in [1.54, 1.807) is 0 Å². The van der Waals surface area contributed by atoms with Crippen molar-refractivity contribution in [3.05, 3.63) is 29.3 Å². The Bertz CT molecular complexity index is 386. The van der Waals surface area contributed by atoms with Crippen LogP contribution in [0.15, 0.2) is 23.2 Å². The molecule has 88 valence electrons. The summed E-state index contributed by atoms with van der Waals surface area (Å²) in [6, 6.07) is 6.46. The van der Waals surface area contributed by atoms with E-state index in [0.717, 1.165) is 5.69 Å². The van der Waals surface area contributed by atoms with Gasteiger partial charge in [0.05, 0.1) is 5.69 Å². The maximum Gasteiger partial charge on any atom is 0.0692 e. The van der Waals surface area contributed by atoms with Crippen molar-refractivity contribution >= 4 is 11.9 Å². The van der Waals surface area contributed by atoms with E-state index in [9.17, 15) is 0 Å². The van der Waals surface area contributed by atoms with Gasteiger partial charge in [0.15, 0.2) is 0 Å². The van der Waals surface area contributed by atoms with Crippen LogP contribution >= 0.6 is 0 Å². The molecule has 0 unspecified atom stereocenters. The number of aliphatic imine (C=N–C) groups is 1. The predicted molar refractivity (Wildman–Crippen MR) is 72.9 cm³/mol. The summed E-state index contributed by atoms with van der Waals surface area (Å²) in [5.41, 5.74) is 3.90. The molecule has 0 aromatic heterocycles. The standard InChI is InChI=1S/C15H23N/c1-7-16-14-12(4)9-8-10-13(14)15(5,6)11(2)3/h7-11H,1-6H3. The van der Waals surface area contributed by atoms with Gasteiger partial charge >= 0.3 is 0 Å². The monoisotopic (exact) mass is 217 g/mol. The van der Waals surface area contributed by atoms with Crippen LogP contribution in [-0.2, 0) is 5.41 Å². The van der Waals surface area contributed by atoms with E-state index in [4.69, 9.17) is 0 Å². The lowest BCUT2D eigenvalue weighted by Crippen LogP contribution is -2.24. The minimum atomic E-state index is 0.161. The molecule has 0 fully saturated rings. The lowest BCUT2D eigenvalue weighted by Gasteiger charge is -2.31. The van der Waals surface area contributed by atoms with Crippen LogP contribution in [0.5, 0.6) is 0 Å². The summed E-state index contributed by atoms with van der Waals surface area (Å²) >= 11 is 0. The number of nitrogens with zero attached hydrogens (tertiary/aromatic N) is 1. The van der Waals surface area contributed by atoms with Crippen molar-refractivity contribution in [3.8, 4) is 0 Å². The summed E-state index contributed by atoms with van der Waals surface area (Å²) in [5, 5.41) is 0. The van der Waals surface area contributed by atoms with Crippen LogP contribution in [-0.4, -0.2) is 6.21 Å². The highest BCUT2D eigenvalue weighted by atomic mass is 14.7. The van der Waals surface area contributed by atoms with Crippen molar-refractivity contribution in [3.63, 3.8) is 0 Å². The molecule has 0 radical (unpaired) electrons. The Hall–Kier alpha value is -1.11. The second-order valence-corrected chi connectivity index (χ2v) is 5.23. The number of benzene rings is 1. The van der Waals surface area contributed by atoms with E-state index >= 15 is 0 Å². The molecule has 1 rings (SSSR count). The molecule has 0 spiro atoms. The normalized spacial score (nSPS) is 12.7. The maximum atomic E-state index is 4.53. The maximum absolute atomic E-state index is 4.53. The molecule has 0 aliphatic carbocycles. The molecule has 0 atom stereocenters. The number of rotatable bonds is 3. The number of para-hydroxylation sites is 1. The first-order chi connectivity index (χ1) is 7.41. The molecule has 0 aliphatic rings. The van der Waals surface area contributed by atoms with E-state index in [-0.39, 0.29) is 5.41 Å². The summed E-state index contributed by atoms with van der Waals surface area (Å²) in [5.74, 6) is 0.597. The zero-order chi connectivity index (χ0) is 12.3. The molecule has 0 aliphatic heterocycles. The highest BCUT2D eigenvalue weighted by Crippen LogP contribution is 2.38. The molecule has 0 heterocycles. The fraction of sp³-hybridized carbons (Fsp3) is 0.533. The summed E-state index contributed by atoms with van der Waals surface area (Å²) in [4.78, 5) is 4.53. The lowest BCUT2D eigenvalue weighted by molar-refractivity contribution is 0.373. The van der Waals surface area contributed by atoms with Crippen LogP contribution in [0.4, 0.5) is 5.69 Å². The van der Waals surface area contributed by atoms with Gasteiger partial charge in [-0.25, -0.2) is 0 Å². The van der Waals surface area contributed by atoms with Crippen molar-refractivity contribution in [1.82, 2.24) is 0 Å². The molecule has 0 amide bonds. The van der Waals surface area contributed by atoms with Crippen LogP contribution in [0, 0.1) is 12.8 Å². The van der Waals surface area contributed by atoms with Crippen LogP contribution in [0.3, 0.4) is 0 Å². The van der Waals surface area contributed by atoms with Gasteiger partial charge < -0.3 is 0 Å². The molecule has 1 heteroatoms. The molecular formula is C15H23N. The largest absolute Gasteiger partial charge is 0.261 e. The Labute approximate surface area is 99.6 Å². The summed E-state index contributed by atoms with van der Waals surface area (Å²) < 4.78 is 0. The average Bonchev–Trinajstić information content (AvgIpc) is 2.20. The molecular weight excluding hydrogens is 194 g/mol. The van der Waals surface area contributed by atoms with Gasteiger partial charge in [-0.2, -0.15) is 0 Å². The zero-order valence-electron chi connectivity index (χ0n) is 11.3. The summed E-state index contributed by atoms with van der Waals surface area (Å²) in [6.45, 7) is 13.2. The minimum Gasteiger partial charge on any atom is -0.261 e. The van der Waals surface area contributed by atoms with Gasteiger partial charge in [-0.05, 0) is 36.3 Å². The third-order valence-corrected chi connectivity index (χ3v) is 3.63. The van der Waals surface area contributed by atoms with Gasteiger partial charge in [-0.3, -0.25) is 4.99 Å². The third-order valence-electron chi connectivity index (χ3n) is 3.63. The number of hydrogen-bond acceptors (Lipinski definition) is 1. The van der Waals surface area contributed by atoms with Crippen molar-refractivity contribution in [2.45, 2.75) is 47.0 Å². The molecule has 1 aromatic rings. The fourth-order valence-corrected chi connectivity index (χ4v) is 1.79. The molecule has 0 saturated heterocycles. The second kappa shape index (κ2) is 4.82. The summed E-state index contributed by atoms with van der Waals surface area (Å²) in [7, 11) is 0. The first-order valence-electron chi connectivity index (χ1n) is 6.00. The van der Waals surface area contributed by atoms with Crippen molar-refractivity contribution < 1.29 is 0 Å². The van der Waals surface area contributed by atoms with E-state index in [1.165, 1.54) is 11.1 Å². The number of aryl methyl sites for hydroxylation is 1. The Balaban J connectivity index is 3.38. The third kappa shape index (κ3) is 2.34. The van der Waals surface area contributed by atoms with Gasteiger partial charge in [0.25, 0.3) is 0 Å². The second-order valence-electron chi connectivity index (χ2n) is 5.23. The lowest BCUT2D eigenvalue weighted by atomic mass is 9.74. The van der Waals surface area contributed by atoms with Gasteiger partial charge in [0, 0.05) is 6.21 Å². The Morgan fingerprint density at radius 3 is 2.38 bits per heavy atom. The molecule has 0 N–H and O–H groups in total. The molecule has 1 nitrogen and oxygen atoms in total. The minimum absolute atomic E-state index is 0.161. The molecule has 0 saturated carbocycles. The van der Waals surface area contributed by atoms with Crippen molar-refractivity contribution in [2.75, 3.05) is 0 Å². The molecule has 16 heavy (non-hydrogen) atoms. The van der Waals surface area contributed by atoms with E-state index < -0.39 is 0 Å². The van der Waals surface area contributed by atoms with Crippen molar-refractivity contribution in [2.24, 2.45) is 10.9 Å². The van der Waals surface area contributed by atoms with Crippen LogP contribution in [0.25, 0.3) is 0 Å². The van der Waals surface area contributed by atoms with Crippen LogP contribution in [0.1, 0.15) is 45.7 Å². The first kappa shape index (κ1) is 13.0. The topological polar surface area (TPSA) is 12.4 Å². The Kier molecular flexibility index (Phi) is 3.90. The molecule has 1 aromatic carbocycles. The summed E-state index contributed by atoms with van der Waals surface area (Å²) in [6.07, 6.45) is 1.88. The van der Waals surface area contributed by atoms with Gasteiger partial charge in [0.1, 0.15) is 0 Å². The van der Waals surface area contributed by atoms with E-state index in [2.05, 4.69) is 57.8 Å². The molecule has 0 bridgehead atoms. The highest BCUT2D eigenvalue weighted by molar-refractivity contribution is 5.66. The van der Waals surface area contributed by atoms with Crippen LogP contribution < -0.4 is 0 Å². The smallest absolute Gasteiger partial charge is 0.0692 e. The first-order valence-corrected chi connectivity index (χ1v) is 6.00. The number of hydrogen-bond donors (Lipinski definition) is 0. The SMILES string of the molecule is CC=Nc1c(C)cccc1C(C)(C)C(C)C. The fourth-order valence-electron chi connectivity index (χ4n) is 1.79. The average molecular weight is 217 g/mol. The Morgan fingerprint density at radius 1 is 1.25 bits per heavy atom. The van der Waals surface area contributed by atoms with Crippen molar-refractivity contribution in [1.29, 1.82) is 0 Å². The van der Waals surface area contributed by atoms with Gasteiger partial charge in [0.2, 0.25) is 0 Å².